The van der Waals surface area contributed by atoms with Gasteiger partial charge in [0.1, 0.15) is 183 Å². The summed E-state index contributed by atoms with van der Waals surface area (Å²) in [6.07, 6.45) is -84.4. The maximum Gasteiger partial charge on any atom is 0.252 e. The highest BCUT2D eigenvalue weighted by Gasteiger charge is 2.59. The molecule has 41 nitrogen and oxygen atoms in total. The van der Waals surface area contributed by atoms with E-state index >= 15 is 0 Å². The molecule has 41 heteroatoms. The van der Waals surface area contributed by atoms with Crippen LogP contribution in [0.3, 0.4) is 0 Å². The zero-order valence-corrected chi connectivity index (χ0v) is 47.0. The van der Waals surface area contributed by atoms with Crippen LogP contribution in [0.4, 0.5) is 0 Å². The van der Waals surface area contributed by atoms with E-state index in [0.717, 1.165) is 0 Å². The Bertz CT molecular complexity index is 2250. The second-order valence-electron chi connectivity index (χ2n) is 23.0. The molecule has 522 valence electrons. The molecular weight excluding hydrogens is 1240 g/mol. The highest BCUT2D eigenvalue weighted by atomic mass is 16.8. The quantitative estimate of drug-likeness (QED) is 0.102. The highest BCUT2D eigenvalue weighted by Crippen LogP contribution is 2.39. The van der Waals surface area contributed by atoms with Crippen molar-refractivity contribution in [2.24, 2.45) is 0 Å². The first-order valence-electron chi connectivity index (χ1n) is 28.7. The molecule has 90 heavy (non-hydrogen) atoms. The van der Waals surface area contributed by atoms with Crippen LogP contribution in [0.2, 0.25) is 0 Å². The Kier molecular flexibility index (Phi) is 24.5. The van der Waals surface area contributed by atoms with Crippen LogP contribution < -0.4 is 5.32 Å². The van der Waals surface area contributed by atoms with E-state index in [1.807, 2.05) is 0 Å². The van der Waals surface area contributed by atoms with Crippen molar-refractivity contribution < 1.29 is 198 Å². The summed E-state index contributed by atoms with van der Waals surface area (Å²) in [6.45, 7) is -7.61. The number of carbonyl (C=O) groups is 1. The fraction of sp³-hybridized carbons (Fsp3) is 0.980. The van der Waals surface area contributed by atoms with E-state index in [0.29, 0.717) is 0 Å². The van der Waals surface area contributed by atoms with Crippen LogP contribution in [0.15, 0.2) is 0 Å². The second kappa shape index (κ2) is 30.5. The van der Waals surface area contributed by atoms with E-state index in [2.05, 4.69) is 5.32 Å². The van der Waals surface area contributed by atoms with Gasteiger partial charge < -0.3 is 199 Å². The van der Waals surface area contributed by atoms with Gasteiger partial charge in [-0.25, -0.2) is 0 Å². The van der Waals surface area contributed by atoms with Crippen LogP contribution in [-0.4, -0.2) is 420 Å². The molecule has 20 heterocycles. The number of ether oxygens (including phenoxy) is 15. The van der Waals surface area contributed by atoms with Crippen molar-refractivity contribution in [3.05, 3.63) is 0 Å². The van der Waals surface area contributed by atoms with Gasteiger partial charge in [-0.2, -0.15) is 0 Å². The first-order chi connectivity index (χ1) is 42.7. The third-order valence-electron chi connectivity index (χ3n) is 17.1. The highest BCUT2D eigenvalue weighted by molar-refractivity contribution is 5.81. The average molecular weight is 1320 g/mol. The lowest BCUT2D eigenvalue weighted by molar-refractivity contribution is -0.395. The van der Waals surface area contributed by atoms with Gasteiger partial charge in [-0.15, -0.1) is 0 Å². The van der Waals surface area contributed by atoms with Gasteiger partial charge in [-0.1, -0.05) is 0 Å². The maximum absolute atomic E-state index is 13.5. The lowest BCUT2D eigenvalue weighted by Gasteiger charge is -2.50. The molecular formula is C49H81NO40. The van der Waals surface area contributed by atoms with Crippen molar-refractivity contribution in [1.29, 1.82) is 0 Å². The molecule has 20 saturated heterocycles. The summed E-state index contributed by atoms with van der Waals surface area (Å²) in [5, 5.41) is 267. The minimum Gasteiger partial charge on any atom is -0.394 e. The Morgan fingerprint density at radius 1 is 0.267 bits per heavy atom. The molecule has 1 amide bonds. The third-order valence-corrected chi connectivity index (χ3v) is 17.1. The molecule has 0 aromatic rings. The summed E-state index contributed by atoms with van der Waals surface area (Å²) in [7, 11) is 0. The van der Waals surface area contributed by atoms with E-state index in [9.17, 15) is 127 Å². The van der Waals surface area contributed by atoms with Crippen LogP contribution in [0.5, 0.6) is 0 Å². The number of rotatable bonds is 9. The predicted octanol–water partition coefficient (Wildman–Crippen LogP) is -17.9. The average Bonchev–Trinajstić information content (AvgIpc) is 0.864. The van der Waals surface area contributed by atoms with E-state index in [-0.39, 0.29) is 0 Å². The van der Waals surface area contributed by atoms with Gasteiger partial charge in [0.2, 0.25) is 0 Å². The summed E-state index contributed by atoms with van der Waals surface area (Å²) in [4.78, 5) is 13.5. The van der Waals surface area contributed by atoms with Crippen LogP contribution in [0.1, 0.15) is 6.42 Å². The molecule has 0 aliphatic carbocycles. The Balaban J connectivity index is 1.02. The SMILES string of the molecule is O=C(NCC1O[C@@H]2O[C@@H]3C(CO)O[C@H](O[C@@H]4C(CO)O[C@H](O[C@@H]5C(CO)O[C@H](O[C@H]6C(O)CC(O)[C@H](OC6CO)O[C@@H]6C(CO)O[C@H](O[C@@H]7C(CO)O[C@H](O[C@H]1C(O)C2O)C(O)[C@H]7O)C(O)C6O)C(O)C5O)C(O)C4O)C(O)C3O)C1OC(O)C(O)C(O)[C@H]1O. The molecule has 0 aromatic heterocycles. The summed E-state index contributed by atoms with van der Waals surface area (Å²) >= 11 is 0. The van der Waals surface area contributed by atoms with Crippen molar-refractivity contribution in [1.82, 2.24) is 5.32 Å². The van der Waals surface area contributed by atoms with Gasteiger partial charge in [0.05, 0.1) is 45.7 Å². The van der Waals surface area contributed by atoms with Crippen molar-refractivity contribution in [2.45, 2.75) is 252 Å². The Morgan fingerprint density at radius 3 is 0.833 bits per heavy atom. The molecule has 14 bridgehead atoms. The topological polar surface area (TPSA) is 653 Å². The summed E-state index contributed by atoms with van der Waals surface area (Å²) in [5.74, 6) is -1.35. The molecule has 25 N–H and O–H groups in total. The van der Waals surface area contributed by atoms with Crippen LogP contribution >= 0.6 is 0 Å². The lowest BCUT2D eigenvalue weighted by atomic mass is 9.94. The molecule has 20 aliphatic rings. The van der Waals surface area contributed by atoms with Gasteiger partial charge in [0.25, 0.3) is 5.91 Å². The normalized spacial score (nSPS) is 54.3. The van der Waals surface area contributed by atoms with Gasteiger partial charge in [0, 0.05) is 13.0 Å². The number of nitrogens with one attached hydrogen (secondary N) is 1. The fourth-order valence-electron chi connectivity index (χ4n) is 12.0. The molecule has 40 atom stereocenters. The largest absolute Gasteiger partial charge is 0.394 e. The van der Waals surface area contributed by atoms with Gasteiger partial charge in [-0.05, 0) is 0 Å². The smallest absolute Gasteiger partial charge is 0.252 e. The predicted molar refractivity (Wildman–Crippen MR) is 268 cm³/mol. The molecule has 0 radical (unpaired) electrons. The Morgan fingerprint density at radius 2 is 0.522 bits per heavy atom. The first-order valence-corrected chi connectivity index (χ1v) is 28.7. The maximum atomic E-state index is 13.5. The number of hydrogen-bond acceptors (Lipinski definition) is 40. The lowest BCUT2D eigenvalue weighted by Crippen LogP contribution is -2.69. The summed E-state index contributed by atoms with van der Waals surface area (Å²) in [6, 6.07) is 0. The zero-order chi connectivity index (χ0) is 65.6. The van der Waals surface area contributed by atoms with Gasteiger partial charge in [0.15, 0.2) is 56.4 Å². The monoisotopic (exact) mass is 1320 g/mol. The molecule has 20 fully saturated rings. The minimum absolute atomic E-state index is 0.765. The van der Waals surface area contributed by atoms with Gasteiger partial charge in [-0.3, -0.25) is 4.79 Å². The van der Waals surface area contributed by atoms with Crippen LogP contribution in [0, 0.1) is 0 Å². The number of hydrogen-bond donors (Lipinski definition) is 25. The van der Waals surface area contributed by atoms with Crippen molar-refractivity contribution in [3.63, 3.8) is 0 Å². The van der Waals surface area contributed by atoms with Crippen LogP contribution in [-0.2, 0) is 75.8 Å². The second-order valence-corrected chi connectivity index (χ2v) is 23.0. The van der Waals surface area contributed by atoms with E-state index in [1.165, 1.54) is 0 Å². The molecule has 0 saturated carbocycles. The molecule has 24 unspecified atom stereocenters. The van der Waals surface area contributed by atoms with Crippen LogP contribution in [0.25, 0.3) is 0 Å². The van der Waals surface area contributed by atoms with Crippen molar-refractivity contribution in [2.75, 3.05) is 46.2 Å². The van der Waals surface area contributed by atoms with Crippen molar-refractivity contribution in [3.8, 4) is 0 Å². The molecule has 20 aliphatic heterocycles. The fourth-order valence-corrected chi connectivity index (χ4v) is 12.0. The Hall–Kier alpha value is -2.09. The summed E-state index contributed by atoms with van der Waals surface area (Å²) < 4.78 is 85.9. The van der Waals surface area contributed by atoms with Gasteiger partial charge >= 0.3 is 0 Å². The van der Waals surface area contributed by atoms with E-state index in [4.69, 9.17) is 71.1 Å². The minimum atomic E-state index is -2.39. The zero-order valence-electron chi connectivity index (χ0n) is 47.0. The van der Waals surface area contributed by atoms with E-state index in [1.54, 1.807) is 0 Å². The number of amides is 1. The molecule has 0 aromatic carbocycles. The van der Waals surface area contributed by atoms with Crippen molar-refractivity contribution >= 4 is 5.91 Å². The first kappa shape index (κ1) is 72.2. The molecule has 20 rings (SSSR count). The number of carbonyl (C=O) groups excluding carboxylic acids is 1. The molecule has 0 spiro atoms. The summed E-state index contributed by atoms with van der Waals surface area (Å²) in [5.41, 5.74) is 0. The third kappa shape index (κ3) is 14.5. The Labute approximate surface area is 507 Å². The van der Waals surface area contributed by atoms with E-state index < -0.39 is 304 Å². The number of aliphatic hydroxyl groups excluding tert-OH is 24. The number of aliphatic hydroxyl groups is 24. The standard InChI is InChI=1S/C49H81NO40/c51-3-12-33-9(57)1-10(58)43(77-12)85-35-13(4-52)79-47(29(70)21(35)62)89-38-16(7-55)80-46(30(71)23(38)64)86-34-11(2-50-41(74)40-19(60)18(59)26(67)42(75)83-40)76-44(27(68)20(34)61)87-36-15(6-54)81-48(31(72)24(36)65)90-39-17(8-56)82-49(32(73)25(39)66)88-37-14(5-53)78-45(84-33)28(69)22(37)63/h9-40,42-49,51-73,75H,1-8H2,(H,50,74)/t9?,10?,11?,12?,13?,14?,15?,16?,17?,18?,19-,20?,21?,22?,23-,24?,25?,26?,27?,28?,29?,30?,31?,32?,33+,34-,35-,36-,37-,38-,39-,40?,42?,43-,44-,45-,46-,47-,48-,49-/m1/s1.